The second-order valence-electron chi connectivity index (χ2n) is 4.32. The number of aliphatic hydroxyl groups is 1. The minimum Gasteiger partial charge on any atom is -0.394 e. The van der Waals surface area contributed by atoms with Crippen molar-refractivity contribution in [2.24, 2.45) is 0 Å². The standard InChI is InChI=1S/C12H24N6O/c1-6-18(7-2)12-15-10(13-4)14-11(16-12)17(5)9(3)8-19/h9,19H,6-8H2,1-5H3,(H,13,14,15,16). The third-order valence-electron chi connectivity index (χ3n) is 3.12. The van der Waals surface area contributed by atoms with E-state index in [1.54, 1.807) is 7.05 Å². The van der Waals surface area contributed by atoms with Gasteiger partial charge in [-0.25, -0.2) is 0 Å². The van der Waals surface area contributed by atoms with Crippen LogP contribution in [0, 0.1) is 0 Å². The summed E-state index contributed by atoms with van der Waals surface area (Å²) in [4.78, 5) is 17.1. The molecule has 108 valence electrons. The van der Waals surface area contributed by atoms with Gasteiger partial charge in [0, 0.05) is 27.2 Å². The Kier molecular flexibility index (Phi) is 5.75. The smallest absolute Gasteiger partial charge is 0.232 e. The molecule has 0 spiro atoms. The van der Waals surface area contributed by atoms with Crippen LogP contribution in [0.25, 0.3) is 0 Å². The second kappa shape index (κ2) is 7.08. The van der Waals surface area contributed by atoms with E-state index in [4.69, 9.17) is 0 Å². The van der Waals surface area contributed by atoms with Crippen LogP contribution in [-0.2, 0) is 0 Å². The minimum atomic E-state index is -0.0448. The molecule has 1 aromatic rings. The molecular formula is C12H24N6O. The summed E-state index contributed by atoms with van der Waals surface area (Å²) < 4.78 is 0. The van der Waals surface area contributed by atoms with Crippen molar-refractivity contribution < 1.29 is 5.11 Å². The topological polar surface area (TPSA) is 77.4 Å². The van der Waals surface area contributed by atoms with Gasteiger partial charge in [0.2, 0.25) is 17.8 Å². The predicted octanol–water partition coefficient (Wildman–Crippen LogP) is 0.576. The molecule has 7 heteroatoms. The maximum Gasteiger partial charge on any atom is 0.232 e. The highest BCUT2D eigenvalue weighted by Gasteiger charge is 2.16. The summed E-state index contributed by atoms with van der Waals surface area (Å²) >= 11 is 0. The second-order valence-corrected chi connectivity index (χ2v) is 4.32. The first kappa shape index (κ1) is 15.4. The van der Waals surface area contributed by atoms with Crippen LogP contribution < -0.4 is 15.1 Å². The van der Waals surface area contributed by atoms with Gasteiger partial charge in [0.1, 0.15) is 0 Å². The van der Waals surface area contributed by atoms with Gasteiger partial charge in [0.25, 0.3) is 0 Å². The Balaban J connectivity index is 3.14. The van der Waals surface area contributed by atoms with Gasteiger partial charge in [-0.15, -0.1) is 0 Å². The van der Waals surface area contributed by atoms with Crippen molar-refractivity contribution in [2.75, 3.05) is 48.9 Å². The first-order valence-corrected chi connectivity index (χ1v) is 6.59. The highest BCUT2D eigenvalue weighted by molar-refractivity contribution is 5.45. The monoisotopic (exact) mass is 268 g/mol. The van der Waals surface area contributed by atoms with Crippen molar-refractivity contribution >= 4 is 17.8 Å². The minimum absolute atomic E-state index is 0.0448. The van der Waals surface area contributed by atoms with Gasteiger partial charge in [0.15, 0.2) is 0 Å². The van der Waals surface area contributed by atoms with E-state index in [2.05, 4.69) is 39.0 Å². The largest absolute Gasteiger partial charge is 0.394 e. The zero-order valence-electron chi connectivity index (χ0n) is 12.4. The molecule has 0 bridgehead atoms. The molecule has 0 aliphatic heterocycles. The van der Waals surface area contributed by atoms with Gasteiger partial charge in [-0.05, 0) is 20.8 Å². The van der Waals surface area contributed by atoms with E-state index >= 15 is 0 Å². The quantitative estimate of drug-likeness (QED) is 0.749. The van der Waals surface area contributed by atoms with E-state index in [1.807, 2.05) is 18.9 Å². The van der Waals surface area contributed by atoms with Crippen LogP contribution in [0.1, 0.15) is 20.8 Å². The number of nitrogens with one attached hydrogen (secondary N) is 1. The highest BCUT2D eigenvalue weighted by Crippen LogP contribution is 2.16. The molecule has 19 heavy (non-hydrogen) atoms. The molecule has 7 nitrogen and oxygen atoms in total. The molecule has 0 aromatic carbocycles. The lowest BCUT2D eigenvalue weighted by Gasteiger charge is -2.25. The Morgan fingerprint density at radius 2 is 1.74 bits per heavy atom. The van der Waals surface area contributed by atoms with Gasteiger partial charge in [-0.3, -0.25) is 0 Å². The molecular weight excluding hydrogens is 244 g/mol. The fourth-order valence-corrected chi connectivity index (χ4v) is 1.59. The fourth-order valence-electron chi connectivity index (χ4n) is 1.59. The summed E-state index contributed by atoms with van der Waals surface area (Å²) in [5, 5.41) is 12.2. The van der Waals surface area contributed by atoms with E-state index in [0.717, 1.165) is 13.1 Å². The van der Waals surface area contributed by atoms with Gasteiger partial charge < -0.3 is 20.2 Å². The Morgan fingerprint density at radius 1 is 1.16 bits per heavy atom. The number of hydrogen-bond acceptors (Lipinski definition) is 7. The van der Waals surface area contributed by atoms with E-state index in [-0.39, 0.29) is 12.6 Å². The zero-order chi connectivity index (χ0) is 14.4. The third-order valence-corrected chi connectivity index (χ3v) is 3.12. The Hall–Kier alpha value is -1.63. The first-order chi connectivity index (χ1) is 9.07. The van der Waals surface area contributed by atoms with Crippen molar-refractivity contribution in [1.29, 1.82) is 0 Å². The predicted molar refractivity (Wildman–Crippen MR) is 77.9 cm³/mol. The van der Waals surface area contributed by atoms with Crippen LogP contribution >= 0.6 is 0 Å². The van der Waals surface area contributed by atoms with Gasteiger partial charge in [0.05, 0.1) is 12.6 Å². The summed E-state index contributed by atoms with van der Waals surface area (Å²) in [6, 6.07) is -0.0448. The average molecular weight is 268 g/mol. The van der Waals surface area contributed by atoms with Crippen LogP contribution in [-0.4, -0.2) is 59.9 Å². The molecule has 1 atom stereocenters. The van der Waals surface area contributed by atoms with Crippen LogP contribution in [0.4, 0.5) is 17.8 Å². The van der Waals surface area contributed by atoms with Crippen LogP contribution in [0.5, 0.6) is 0 Å². The SMILES string of the molecule is CCN(CC)c1nc(NC)nc(N(C)C(C)CO)n1. The van der Waals surface area contributed by atoms with Crippen molar-refractivity contribution in [3.05, 3.63) is 0 Å². The summed E-state index contributed by atoms with van der Waals surface area (Å²) in [6.45, 7) is 7.76. The van der Waals surface area contributed by atoms with Crippen molar-refractivity contribution in [3.63, 3.8) is 0 Å². The fraction of sp³-hybridized carbons (Fsp3) is 0.750. The lowest BCUT2D eigenvalue weighted by atomic mass is 10.3. The first-order valence-electron chi connectivity index (χ1n) is 6.59. The van der Waals surface area contributed by atoms with E-state index < -0.39 is 0 Å². The summed E-state index contributed by atoms with van der Waals surface area (Å²) in [5.41, 5.74) is 0. The maximum atomic E-state index is 9.22. The normalized spacial score (nSPS) is 12.1. The molecule has 0 radical (unpaired) electrons. The number of hydrogen-bond donors (Lipinski definition) is 2. The molecule has 1 aromatic heterocycles. The number of anilines is 3. The molecule has 1 rings (SSSR count). The molecule has 0 amide bonds. The van der Waals surface area contributed by atoms with Gasteiger partial charge in [-0.1, -0.05) is 0 Å². The van der Waals surface area contributed by atoms with Gasteiger partial charge >= 0.3 is 0 Å². The zero-order valence-corrected chi connectivity index (χ0v) is 12.4. The number of likely N-dealkylation sites (N-methyl/N-ethyl adjacent to an activating group) is 1. The number of nitrogens with zero attached hydrogens (tertiary/aromatic N) is 5. The molecule has 0 saturated heterocycles. The number of rotatable bonds is 7. The van der Waals surface area contributed by atoms with Crippen molar-refractivity contribution in [3.8, 4) is 0 Å². The Bertz CT molecular complexity index is 396. The summed E-state index contributed by atoms with van der Waals surface area (Å²) in [5.74, 6) is 1.74. The third kappa shape index (κ3) is 3.66. The molecule has 1 unspecified atom stereocenters. The van der Waals surface area contributed by atoms with Crippen molar-refractivity contribution in [1.82, 2.24) is 15.0 Å². The number of aromatic nitrogens is 3. The number of aliphatic hydroxyl groups excluding tert-OH is 1. The average Bonchev–Trinajstić information content (AvgIpc) is 2.46. The van der Waals surface area contributed by atoms with Crippen LogP contribution in [0.3, 0.4) is 0 Å². The molecule has 0 aliphatic rings. The molecule has 0 fully saturated rings. The van der Waals surface area contributed by atoms with Crippen LogP contribution in [0.2, 0.25) is 0 Å². The molecule has 0 aliphatic carbocycles. The van der Waals surface area contributed by atoms with Crippen LogP contribution in [0.15, 0.2) is 0 Å². The maximum absolute atomic E-state index is 9.22. The molecule has 2 N–H and O–H groups in total. The van der Waals surface area contributed by atoms with Crippen molar-refractivity contribution in [2.45, 2.75) is 26.8 Å². The molecule has 0 saturated carbocycles. The highest BCUT2D eigenvalue weighted by atomic mass is 16.3. The van der Waals surface area contributed by atoms with Gasteiger partial charge in [-0.2, -0.15) is 15.0 Å². The molecule has 1 heterocycles. The Labute approximate surface area is 114 Å². The Morgan fingerprint density at radius 3 is 2.21 bits per heavy atom. The van der Waals surface area contributed by atoms with E-state index in [1.165, 1.54) is 0 Å². The lowest BCUT2D eigenvalue weighted by Crippen LogP contribution is -2.34. The summed E-state index contributed by atoms with van der Waals surface area (Å²) in [7, 11) is 3.64. The van der Waals surface area contributed by atoms with E-state index in [0.29, 0.717) is 17.8 Å². The van der Waals surface area contributed by atoms with E-state index in [9.17, 15) is 5.11 Å². The lowest BCUT2D eigenvalue weighted by molar-refractivity contribution is 0.269. The summed E-state index contributed by atoms with van der Waals surface area (Å²) in [6.07, 6.45) is 0.